The largest absolute Gasteiger partial charge is 0.381 e. The van der Waals surface area contributed by atoms with Crippen LogP contribution in [0.4, 0.5) is 11.5 Å². The summed E-state index contributed by atoms with van der Waals surface area (Å²) < 4.78 is 0. The minimum absolute atomic E-state index is 0.497. The molecular formula is C17H30N4. The number of rotatable bonds is 6. The van der Waals surface area contributed by atoms with Crippen molar-refractivity contribution in [3.8, 4) is 0 Å². The van der Waals surface area contributed by atoms with E-state index in [0.717, 1.165) is 17.4 Å². The lowest BCUT2D eigenvalue weighted by molar-refractivity contribution is 0.165. The van der Waals surface area contributed by atoms with Crippen molar-refractivity contribution in [3.63, 3.8) is 0 Å². The third-order valence-electron chi connectivity index (χ3n) is 4.39. The molecule has 2 atom stereocenters. The predicted molar refractivity (Wildman–Crippen MR) is 91.1 cm³/mol. The lowest BCUT2D eigenvalue weighted by Crippen LogP contribution is -2.42. The lowest BCUT2D eigenvalue weighted by Gasteiger charge is -2.36. The number of hydrogen-bond donors (Lipinski definition) is 1. The average Bonchev–Trinajstić information content (AvgIpc) is 2.48. The highest BCUT2D eigenvalue weighted by Gasteiger charge is 2.24. The summed E-state index contributed by atoms with van der Waals surface area (Å²) in [5.74, 6) is 1.74. The van der Waals surface area contributed by atoms with Crippen LogP contribution < -0.4 is 10.2 Å². The van der Waals surface area contributed by atoms with Gasteiger partial charge in [-0.3, -0.25) is 0 Å². The summed E-state index contributed by atoms with van der Waals surface area (Å²) in [5, 5.41) is 3.63. The van der Waals surface area contributed by atoms with Crippen LogP contribution in [0.15, 0.2) is 18.3 Å². The Morgan fingerprint density at radius 1 is 1.43 bits per heavy atom. The monoisotopic (exact) mass is 290 g/mol. The first kappa shape index (κ1) is 16.1. The maximum Gasteiger partial charge on any atom is 0.128 e. The van der Waals surface area contributed by atoms with Crippen LogP contribution in [-0.4, -0.2) is 49.7 Å². The standard InChI is InChI=1S/C17H30N4/c1-5-10-21-11-6-7-15(13-21)14(2)19-16-8-9-17(18-12-16)20(3)4/h8-9,12,14-15,19H,5-7,10-11,13H2,1-4H3. The first-order valence-electron chi connectivity index (χ1n) is 8.22. The van der Waals surface area contributed by atoms with Crippen LogP contribution in [0.1, 0.15) is 33.1 Å². The van der Waals surface area contributed by atoms with Gasteiger partial charge in [0.2, 0.25) is 0 Å². The molecule has 1 N–H and O–H groups in total. The molecule has 2 heterocycles. The van der Waals surface area contributed by atoms with Gasteiger partial charge >= 0.3 is 0 Å². The maximum atomic E-state index is 4.47. The molecule has 1 aromatic heterocycles. The molecular weight excluding hydrogens is 260 g/mol. The van der Waals surface area contributed by atoms with Crippen molar-refractivity contribution in [1.29, 1.82) is 0 Å². The molecule has 4 heteroatoms. The fourth-order valence-corrected chi connectivity index (χ4v) is 3.14. The van der Waals surface area contributed by atoms with Crippen molar-refractivity contribution in [2.75, 3.05) is 43.9 Å². The van der Waals surface area contributed by atoms with Crippen molar-refractivity contribution < 1.29 is 0 Å². The second-order valence-electron chi connectivity index (χ2n) is 6.44. The van der Waals surface area contributed by atoms with Crippen LogP contribution in [0.2, 0.25) is 0 Å². The molecule has 21 heavy (non-hydrogen) atoms. The van der Waals surface area contributed by atoms with E-state index in [9.17, 15) is 0 Å². The molecule has 0 bridgehead atoms. The molecule has 1 aromatic rings. The smallest absolute Gasteiger partial charge is 0.128 e. The fourth-order valence-electron chi connectivity index (χ4n) is 3.14. The summed E-state index contributed by atoms with van der Waals surface area (Å²) in [6, 6.07) is 4.70. The van der Waals surface area contributed by atoms with Gasteiger partial charge in [-0.1, -0.05) is 6.92 Å². The fraction of sp³-hybridized carbons (Fsp3) is 0.706. The van der Waals surface area contributed by atoms with E-state index in [4.69, 9.17) is 0 Å². The average molecular weight is 290 g/mol. The predicted octanol–water partition coefficient (Wildman–Crippen LogP) is 3.07. The van der Waals surface area contributed by atoms with E-state index >= 15 is 0 Å². The van der Waals surface area contributed by atoms with Gasteiger partial charge < -0.3 is 15.1 Å². The third kappa shape index (κ3) is 4.60. The topological polar surface area (TPSA) is 31.4 Å². The molecule has 0 spiro atoms. The zero-order valence-corrected chi connectivity index (χ0v) is 14.0. The molecule has 118 valence electrons. The molecule has 0 saturated carbocycles. The van der Waals surface area contributed by atoms with E-state index in [1.807, 2.05) is 25.2 Å². The van der Waals surface area contributed by atoms with E-state index in [2.05, 4.69) is 41.2 Å². The van der Waals surface area contributed by atoms with Crippen LogP contribution in [-0.2, 0) is 0 Å². The molecule has 1 aliphatic heterocycles. The Kier molecular flexibility index (Phi) is 5.85. The van der Waals surface area contributed by atoms with E-state index in [-0.39, 0.29) is 0 Å². The van der Waals surface area contributed by atoms with Crippen molar-refractivity contribution in [2.45, 2.75) is 39.2 Å². The number of likely N-dealkylation sites (tertiary alicyclic amines) is 1. The molecule has 0 amide bonds. The van der Waals surface area contributed by atoms with Gasteiger partial charge in [0.25, 0.3) is 0 Å². The highest BCUT2D eigenvalue weighted by molar-refractivity contribution is 5.48. The minimum Gasteiger partial charge on any atom is -0.381 e. The molecule has 4 nitrogen and oxygen atoms in total. The maximum absolute atomic E-state index is 4.47. The van der Waals surface area contributed by atoms with Crippen molar-refractivity contribution in [1.82, 2.24) is 9.88 Å². The van der Waals surface area contributed by atoms with Crippen LogP contribution in [0.25, 0.3) is 0 Å². The van der Waals surface area contributed by atoms with Gasteiger partial charge in [-0.15, -0.1) is 0 Å². The number of pyridine rings is 1. The molecule has 0 aromatic carbocycles. The van der Waals surface area contributed by atoms with Gasteiger partial charge in [0, 0.05) is 26.7 Å². The van der Waals surface area contributed by atoms with Gasteiger partial charge in [-0.2, -0.15) is 0 Å². The van der Waals surface area contributed by atoms with Gasteiger partial charge in [-0.05, 0) is 57.3 Å². The summed E-state index contributed by atoms with van der Waals surface area (Å²) in [7, 11) is 4.03. The van der Waals surface area contributed by atoms with Crippen LogP contribution >= 0.6 is 0 Å². The Morgan fingerprint density at radius 3 is 2.86 bits per heavy atom. The molecule has 2 rings (SSSR count). The Labute approximate surface area is 129 Å². The minimum atomic E-state index is 0.497. The Bertz CT molecular complexity index is 413. The van der Waals surface area contributed by atoms with Gasteiger partial charge in [0.05, 0.1) is 11.9 Å². The van der Waals surface area contributed by atoms with Gasteiger partial charge in [-0.25, -0.2) is 4.98 Å². The third-order valence-corrected chi connectivity index (χ3v) is 4.39. The summed E-state index contributed by atoms with van der Waals surface area (Å²) >= 11 is 0. The Balaban J connectivity index is 1.89. The number of nitrogens with one attached hydrogen (secondary N) is 1. The zero-order chi connectivity index (χ0) is 15.2. The van der Waals surface area contributed by atoms with Gasteiger partial charge in [0.1, 0.15) is 5.82 Å². The normalized spacial score (nSPS) is 21.0. The first-order valence-corrected chi connectivity index (χ1v) is 8.22. The Morgan fingerprint density at radius 2 is 2.24 bits per heavy atom. The molecule has 1 saturated heterocycles. The van der Waals surface area contributed by atoms with Crippen molar-refractivity contribution in [2.24, 2.45) is 5.92 Å². The number of aromatic nitrogens is 1. The van der Waals surface area contributed by atoms with E-state index < -0.39 is 0 Å². The number of anilines is 2. The Hall–Kier alpha value is -1.29. The van der Waals surface area contributed by atoms with Crippen molar-refractivity contribution in [3.05, 3.63) is 18.3 Å². The molecule has 1 aliphatic rings. The highest BCUT2D eigenvalue weighted by Crippen LogP contribution is 2.23. The summed E-state index contributed by atoms with van der Waals surface area (Å²) in [4.78, 5) is 9.11. The van der Waals surface area contributed by atoms with Crippen LogP contribution in [0.5, 0.6) is 0 Å². The highest BCUT2D eigenvalue weighted by atomic mass is 15.1. The number of piperidine rings is 1. The van der Waals surface area contributed by atoms with E-state index in [1.54, 1.807) is 0 Å². The summed E-state index contributed by atoms with van der Waals surface area (Å²) in [6.45, 7) is 8.31. The van der Waals surface area contributed by atoms with Crippen LogP contribution in [0.3, 0.4) is 0 Å². The lowest BCUT2D eigenvalue weighted by atomic mass is 9.91. The molecule has 1 fully saturated rings. The number of nitrogens with zero attached hydrogens (tertiary/aromatic N) is 3. The molecule has 0 aliphatic carbocycles. The second kappa shape index (κ2) is 7.64. The SMILES string of the molecule is CCCN1CCCC(C(C)Nc2ccc(N(C)C)nc2)C1. The zero-order valence-electron chi connectivity index (χ0n) is 14.0. The second-order valence-corrected chi connectivity index (χ2v) is 6.44. The van der Waals surface area contributed by atoms with Gasteiger partial charge in [0.15, 0.2) is 0 Å². The molecule has 0 radical (unpaired) electrons. The molecule has 2 unspecified atom stereocenters. The number of hydrogen-bond acceptors (Lipinski definition) is 4. The first-order chi connectivity index (χ1) is 10.1. The summed E-state index contributed by atoms with van der Waals surface area (Å²) in [6.07, 6.45) is 5.86. The van der Waals surface area contributed by atoms with E-state index in [1.165, 1.54) is 38.9 Å². The quantitative estimate of drug-likeness (QED) is 0.872. The van der Waals surface area contributed by atoms with Crippen molar-refractivity contribution >= 4 is 11.5 Å². The van der Waals surface area contributed by atoms with Crippen LogP contribution in [0, 0.1) is 5.92 Å². The van der Waals surface area contributed by atoms with E-state index in [0.29, 0.717) is 6.04 Å². The summed E-state index contributed by atoms with van der Waals surface area (Å²) in [5.41, 5.74) is 1.13.